The summed E-state index contributed by atoms with van der Waals surface area (Å²) in [7, 11) is -3.57. The summed E-state index contributed by atoms with van der Waals surface area (Å²) < 4.78 is 30.4. The lowest BCUT2D eigenvalue weighted by Gasteiger charge is -2.15. The smallest absolute Gasteiger partial charge is 0.249 e. The van der Waals surface area contributed by atoms with Gasteiger partial charge in [-0.1, -0.05) is 28.1 Å². The van der Waals surface area contributed by atoms with E-state index in [4.69, 9.17) is 0 Å². The summed E-state index contributed by atoms with van der Waals surface area (Å²) in [6, 6.07) is 10.7. The minimum absolute atomic E-state index is 0.121. The highest BCUT2D eigenvalue weighted by Gasteiger charge is 2.27. The topological polar surface area (TPSA) is 76.7 Å². The summed E-state index contributed by atoms with van der Waals surface area (Å²) in [5, 5.41) is 4.30. The molecule has 136 valence electrons. The van der Waals surface area contributed by atoms with Crippen molar-refractivity contribution >= 4 is 31.6 Å². The summed E-state index contributed by atoms with van der Waals surface area (Å²) in [6.45, 7) is 1.36. The Labute approximate surface area is 159 Å². The van der Waals surface area contributed by atoms with E-state index in [-0.39, 0.29) is 10.6 Å². The van der Waals surface area contributed by atoms with E-state index in [2.05, 4.69) is 21.0 Å². The van der Waals surface area contributed by atoms with E-state index in [0.717, 1.165) is 22.9 Å². The first kappa shape index (κ1) is 17.4. The van der Waals surface area contributed by atoms with Crippen LogP contribution >= 0.6 is 15.9 Å². The van der Waals surface area contributed by atoms with Crippen LogP contribution in [0.15, 0.2) is 56.8 Å². The lowest BCUT2D eigenvalue weighted by atomic mass is 10.2. The van der Waals surface area contributed by atoms with Gasteiger partial charge in [-0.05, 0) is 42.7 Å². The normalized spacial score (nSPS) is 15.7. The minimum atomic E-state index is -3.57. The van der Waals surface area contributed by atoms with Crippen LogP contribution in [-0.2, 0) is 16.6 Å². The number of aromatic nitrogens is 3. The molecule has 0 N–H and O–H groups in total. The molecule has 0 spiro atoms. The second-order valence-corrected chi connectivity index (χ2v) is 9.13. The summed E-state index contributed by atoms with van der Waals surface area (Å²) in [6.07, 6.45) is 3.10. The van der Waals surface area contributed by atoms with E-state index in [9.17, 15) is 13.2 Å². The van der Waals surface area contributed by atoms with Gasteiger partial charge in [-0.25, -0.2) is 22.3 Å². The van der Waals surface area contributed by atoms with E-state index in [1.807, 2.05) is 24.3 Å². The van der Waals surface area contributed by atoms with Crippen molar-refractivity contribution in [2.24, 2.45) is 0 Å². The molecule has 2 aromatic heterocycles. The molecule has 4 rings (SSSR count). The van der Waals surface area contributed by atoms with Gasteiger partial charge in [-0.3, -0.25) is 0 Å². The van der Waals surface area contributed by atoms with E-state index in [0.29, 0.717) is 25.3 Å². The largest absolute Gasteiger partial charge is 0.350 e. The molecular formula is C17H17BrN4O3S. The Morgan fingerprint density at radius 1 is 1.12 bits per heavy atom. The number of rotatable bonds is 4. The Kier molecular flexibility index (Phi) is 4.45. The second-order valence-electron chi connectivity index (χ2n) is 6.27. The Hall–Kier alpha value is -1.97. The molecule has 1 aromatic carbocycles. The third kappa shape index (κ3) is 3.10. The molecule has 26 heavy (non-hydrogen) atoms. The molecule has 0 aliphatic carbocycles. The van der Waals surface area contributed by atoms with E-state index < -0.39 is 10.0 Å². The fourth-order valence-electron chi connectivity index (χ4n) is 3.14. The molecule has 0 amide bonds. The molecule has 1 aliphatic heterocycles. The van der Waals surface area contributed by atoms with Gasteiger partial charge in [0.25, 0.3) is 0 Å². The molecule has 0 unspecified atom stereocenters. The van der Waals surface area contributed by atoms with Gasteiger partial charge < -0.3 is 0 Å². The van der Waals surface area contributed by atoms with E-state index in [1.54, 1.807) is 6.07 Å². The first-order valence-corrected chi connectivity index (χ1v) is 10.5. The molecule has 1 fully saturated rings. The lowest BCUT2D eigenvalue weighted by Crippen LogP contribution is -2.28. The zero-order chi connectivity index (χ0) is 18.3. The first-order valence-electron chi connectivity index (χ1n) is 8.29. The van der Waals surface area contributed by atoms with Crippen LogP contribution in [0.2, 0.25) is 0 Å². The number of hydrogen-bond donors (Lipinski definition) is 0. The van der Waals surface area contributed by atoms with Crippen molar-refractivity contribution in [2.75, 3.05) is 13.1 Å². The van der Waals surface area contributed by atoms with Gasteiger partial charge in [0, 0.05) is 23.8 Å². The highest BCUT2D eigenvalue weighted by atomic mass is 79.9. The van der Waals surface area contributed by atoms with Gasteiger partial charge in [0.15, 0.2) is 5.65 Å². The molecule has 9 heteroatoms. The van der Waals surface area contributed by atoms with Crippen LogP contribution in [0.3, 0.4) is 0 Å². The monoisotopic (exact) mass is 436 g/mol. The third-order valence-electron chi connectivity index (χ3n) is 4.47. The van der Waals surface area contributed by atoms with Crippen molar-refractivity contribution in [3.05, 3.63) is 63.1 Å². The van der Waals surface area contributed by atoms with Gasteiger partial charge in [0.1, 0.15) is 0 Å². The fourth-order valence-corrected chi connectivity index (χ4v) is 5.10. The molecule has 0 atom stereocenters. The Morgan fingerprint density at radius 3 is 2.62 bits per heavy atom. The number of fused-ring (bicyclic) bond motifs is 1. The average Bonchev–Trinajstić information content (AvgIpc) is 3.25. The van der Waals surface area contributed by atoms with Crippen molar-refractivity contribution in [3.8, 4) is 0 Å². The number of pyridine rings is 1. The molecule has 3 aromatic rings. The maximum atomic E-state index is 12.7. The van der Waals surface area contributed by atoms with Crippen LogP contribution in [-0.4, -0.2) is 40.0 Å². The molecule has 3 heterocycles. The van der Waals surface area contributed by atoms with Gasteiger partial charge in [-0.15, -0.1) is 5.10 Å². The number of benzene rings is 1. The summed E-state index contributed by atoms with van der Waals surface area (Å²) in [4.78, 5) is 12.8. The number of nitrogens with zero attached hydrogens (tertiary/aromatic N) is 4. The summed E-state index contributed by atoms with van der Waals surface area (Å²) >= 11 is 3.41. The zero-order valence-corrected chi connectivity index (χ0v) is 16.3. The minimum Gasteiger partial charge on any atom is -0.249 e. The zero-order valence-electron chi connectivity index (χ0n) is 13.9. The van der Waals surface area contributed by atoms with Gasteiger partial charge in [-0.2, -0.15) is 4.31 Å². The van der Waals surface area contributed by atoms with Crippen molar-refractivity contribution in [2.45, 2.75) is 24.3 Å². The Bertz CT molecular complexity index is 1130. The highest BCUT2D eigenvalue weighted by molar-refractivity contribution is 9.10. The standard InChI is InChI=1S/C17H17BrN4O3S/c18-14-5-3-4-13(10-14)11-22-17(23)21-12-15(6-7-16(21)19-22)26(24,25)20-8-1-2-9-20/h3-7,10,12H,1-2,8-9,11H2. The summed E-state index contributed by atoms with van der Waals surface area (Å²) in [5.74, 6) is 0. The molecule has 0 radical (unpaired) electrons. The van der Waals surface area contributed by atoms with Crippen LogP contribution in [0, 0.1) is 0 Å². The van der Waals surface area contributed by atoms with E-state index >= 15 is 0 Å². The third-order valence-corrected chi connectivity index (χ3v) is 6.85. The predicted octanol–water partition coefficient (Wildman–Crippen LogP) is 2.09. The molecular weight excluding hydrogens is 420 g/mol. The molecule has 1 aliphatic rings. The maximum Gasteiger partial charge on any atom is 0.350 e. The Balaban J connectivity index is 1.73. The van der Waals surface area contributed by atoms with Crippen LogP contribution in [0.4, 0.5) is 0 Å². The maximum absolute atomic E-state index is 12.7. The fraction of sp³-hybridized carbons (Fsp3) is 0.294. The van der Waals surface area contributed by atoms with Crippen molar-refractivity contribution in [3.63, 3.8) is 0 Å². The van der Waals surface area contributed by atoms with Gasteiger partial charge in [0.05, 0.1) is 11.4 Å². The average molecular weight is 437 g/mol. The predicted molar refractivity (Wildman–Crippen MR) is 101 cm³/mol. The summed E-state index contributed by atoms with van der Waals surface area (Å²) in [5.41, 5.74) is 0.985. The number of sulfonamides is 1. The number of halogens is 1. The molecule has 7 nitrogen and oxygen atoms in total. The number of hydrogen-bond acceptors (Lipinski definition) is 4. The van der Waals surface area contributed by atoms with Crippen LogP contribution in [0.25, 0.3) is 5.65 Å². The highest BCUT2D eigenvalue weighted by Crippen LogP contribution is 2.20. The van der Waals surface area contributed by atoms with Crippen molar-refractivity contribution in [1.29, 1.82) is 0 Å². The van der Waals surface area contributed by atoms with Crippen LogP contribution in [0.1, 0.15) is 18.4 Å². The lowest BCUT2D eigenvalue weighted by molar-refractivity contribution is 0.477. The molecule has 1 saturated heterocycles. The molecule has 0 saturated carbocycles. The van der Waals surface area contributed by atoms with Crippen LogP contribution in [0.5, 0.6) is 0 Å². The quantitative estimate of drug-likeness (QED) is 0.627. The Morgan fingerprint density at radius 2 is 1.88 bits per heavy atom. The first-order chi connectivity index (χ1) is 12.4. The van der Waals surface area contributed by atoms with Crippen molar-refractivity contribution < 1.29 is 8.42 Å². The van der Waals surface area contributed by atoms with Crippen LogP contribution < -0.4 is 5.69 Å². The second kappa shape index (κ2) is 6.64. The van der Waals surface area contributed by atoms with Gasteiger partial charge >= 0.3 is 5.69 Å². The van der Waals surface area contributed by atoms with Gasteiger partial charge in [0.2, 0.25) is 10.0 Å². The molecule has 0 bridgehead atoms. The van der Waals surface area contributed by atoms with Crippen molar-refractivity contribution in [1.82, 2.24) is 18.5 Å². The van der Waals surface area contributed by atoms with E-state index in [1.165, 1.54) is 25.7 Å². The SMILES string of the molecule is O=c1n(Cc2cccc(Br)c2)nc2ccc(S(=O)(=O)N3CCCC3)cn12.